The fraction of sp³-hybridized carbons (Fsp3) is 0.143. The first-order valence-electron chi connectivity index (χ1n) is 8.43. The predicted octanol–water partition coefficient (Wildman–Crippen LogP) is 4.27. The summed E-state index contributed by atoms with van der Waals surface area (Å²) < 4.78 is 15.8. The molecule has 0 fully saturated rings. The van der Waals surface area contributed by atoms with Gasteiger partial charge in [0.2, 0.25) is 5.91 Å². The van der Waals surface area contributed by atoms with Crippen LogP contribution in [0.5, 0.6) is 5.75 Å². The molecule has 1 heterocycles. The Morgan fingerprint density at radius 3 is 2.59 bits per heavy atom. The van der Waals surface area contributed by atoms with Crippen LogP contribution in [0.2, 0.25) is 0 Å². The van der Waals surface area contributed by atoms with Gasteiger partial charge in [-0.2, -0.15) is 0 Å². The monoisotopic (exact) mass is 365 g/mol. The largest absolute Gasteiger partial charge is 0.497 e. The average molecular weight is 365 g/mol. The Morgan fingerprint density at radius 1 is 1.11 bits per heavy atom. The van der Waals surface area contributed by atoms with Gasteiger partial charge in [-0.1, -0.05) is 0 Å². The molecule has 27 heavy (non-hydrogen) atoms. The van der Waals surface area contributed by atoms with E-state index in [4.69, 9.17) is 13.9 Å². The van der Waals surface area contributed by atoms with Crippen LogP contribution < -0.4 is 10.1 Å². The first-order chi connectivity index (χ1) is 13.1. The first-order valence-corrected chi connectivity index (χ1v) is 8.43. The predicted molar refractivity (Wildman–Crippen MR) is 103 cm³/mol. The van der Waals surface area contributed by atoms with Gasteiger partial charge < -0.3 is 19.2 Å². The van der Waals surface area contributed by atoms with E-state index in [1.165, 1.54) is 6.08 Å². The molecule has 6 heteroatoms. The maximum atomic E-state index is 12.1. The average Bonchev–Trinajstić information content (AvgIpc) is 3.09. The molecule has 1 aromatic heterocycles. The van der Waals surface area contributed by atoms with Crippen molar-refractivity contribution in [3.63, 3.8) is 0 Å². The summed E-state index contributed by atoms with van der Waals surface area (Å²) in [5, 5.41) is 3.62. The van der Waals surface area contributed by atoms with E-state index in [1.54, 1.807) is 44.4 Å². The van der Waals surface area contributed by atoms with Crippen LogP contribution in [0.1, 0.15) is 23.0 Å². The summed E-state index contributed by atoms with van der Waals surface area (Å²) in [5.41, 5.74) is 1.72. The number of benzene rings is 2. The molecule has 3 aromatic rings. The maximum Gasteiger partial charge on any atom is 0.338 e. The summed E-state index contributed by atoms with van der Waals surface area (Å²) in [5.74, 6) is 0.600. The van der Waals surface area contributed by atoms with E-state index in [-0.39, 0.29) is 5.91 Å². The van der Waals surface area contributed by atoms with Crippen LogP contribution in [0, 0.1) is 0 Å². The zero-order chi connectivity index (χ0) is 19.2. The molecule has 0 spiro atoms. The molecule has 0 unspecified atom stereocenters. The Labute approximate surface area is 156 Å². The maximum absolute atomic E-state index is 12.1. The van der Waals surface area contributed by atoms with Gasteiger partial charge in [-0.25, -0.2) is 4.79 Å². The van der Waals surface area contributed by atoms with Crippen molar-refractivity contribution in [2.75, 3.05) is 19.0 Å². The normalized spacial score (nSPS) is 10.9. The molecule has 6 nitrogen and oxygen atoms in total. The van der Waals surface area contributed by atoms with Crippen LogP contribution in [0.25, 0.3) is 17.0 Å². The van der Waals surface area contributed by atoms with E-state index >= 15 is 0 Å². The summed E-state index contributed by atoms with van der Waals surface area (Å²) in [6.45, 7) is 2.06. The zero-order valence-electron chi connectivity index (χ0n) is 15.0. The molecule has 0 aliphatic carbocycles. The number of ether oxygens (including phenoxy) is 2. The number of anilines is 1. The number of carbonyl (C=O) groups excluding carboxylic acids is 2. The second-order valence-electron chi connectivity index (χ2n) is 5.67. The highest BCUT2D eigenvalue weighted by Crippen LogP contribution is 2.24. The number of methoxy groups -OCH3 is 1. The fourth-order valence-corrected chi connectivity index (χ4v) is 2.50. The molecule has 2 aromatic carbocycles. The molecule has 0 atom stereocenters. The number of rotatable bonds is 6. The van der Waals surface area contributed by atoms with Crippen molar-refractivity contribution in [2.45, 2.75) is 6.92 Å². The van der Waals surface area contributed by atoms with Crippen LogP contribution in [-0.2, 0) is 9.53 Å². The number of nitrogens with one attached hydrogen (secondary N) is 1. The molecule has 3 rings (SSSR count). The van der Waals surface area contributed by atoms with Gasteiger partial charge in [0.1, 0.15) is 17.1 Å². The van der Waals surface area contributed by atoms with Crippen LogP contribution in [0.3, 0.4) is 0 Å². The molecular formula is C21H19NO5. The number of carbonyl (C=O) groups is 2. The fourth-order valence-electron chi connectivity index (χ4n) is 2.50. The van der Waals surface area contributed by atoms with Crippen molar-refractivity contribution in [1.29, 1.82) is 0 Å². The lowest BCUT2D eigenvalue weighted by molar-refractivity contribution is -0.111. The van der Waals surface area contributed by atoms with Crippen molar-refractivity contribution in [2.24, 2.45) is 0 Å². The van der Waals surface area contributed by atoms with Crippen molar-refractivity contribution >= 4 is 34.6 Å². The minimum absolute atomic E-state index is 0.308. The van der Waals surface area contributed by atoms with Crippen LogP contribution in [0.4, 0.5) is 5.69 Å². The summed E-state index contributed by atoms with van der Waals surface area (Å²) in [4.78, 5) is 23.7. The van der Waals surface area contributed by atoms with Crippen LogP contribution in [0.15, 0.2) is 59.0 Å². The summed E-state index contributed by atoms with van der Waals surface area (Å²) in [7, 11) is 1.60. The van der Waals surface area contributed by atoms with E-state index < -0.39 is 5.97 Å². The highest BCUT2D eigenvalue weighted by Gasteiger charge is 2.07. The Hall–Kier alpha value is -3.54. The molecule has 0 saturated carbocycles. The lowest BCUT2D eigenvalue weighted by Gasteiger charge is -2.04. The summed E-state index contributed by atoms with van der Waals surface area (Å²) in [6.07, 6.45) is 2.98. The quantitative estimate of drug-likeness (QED) is 0.521. The Morgan fingerprint density at radius 2 is 1.89 bits per heavy atom. The number of esters is 1. The third-order valence-corrected chi connectivity index (χ3v) is 3.81. The molecule has 0 aliphatic rings. The number of hydrogen-bond acceptors (Lipinski definition) is 5. The molecule has 1 amide bonds. The highest BCUT2D eigenvalue weighted by molar-refractivity contribution is 6.02. The van der Waals surface area contributed by atoms with Gasteiger partial charge in [-0.05, 0) is 61.5 Å². The molecule has 0 aliphatic heterocycles. The van der Waals surface area contributed by atoms with Gasteiger partial charge in [0.15, 0.2) is 0 Å². The van der Waals surface area contributed by atoms with E-state index in [1.807, 2.05) is 24.3 Å². The van der Waals surface area contributed by atoms with Gasteiger partial charge in [0.25, 0.3) is 0 Å². The van der Waals surface area contributed by atoms with E-state index in [2.05, 4.69) is 5.32 Å². The van der Waals surface area contributed by atoms with Gasteiger partial charge in [0, 0.05) is 17.1 Å². The second-order valence-corrected chi connectivity index (χ2v) is 5.67. The van der Waals surface area contributed by atoms with Crippen molar-refractivity contribution in [1.82, 2.24) is 0 Å². The topological polar surface area (TPSA) is 77.8 Å². The third kappa shape index (κ3) is 4.55. The minimum Gasteiger partial charge on any atom is -0.497 e. The van der Waals surface area contributed by atoms with Gasteiger partial charge in [-0.15, -0.1) is 0 Å². The zero-order valence-corrected chi connectivity index (χ0v) is 15.0. The Kier molecular flexibility index (Phi) is 5.56. The first kappa shape index (κ1) is 18.3. The molecule has 0 bridgehead atoms. The van der Waals surface area contributed by atoms with E-state index in [0.717, 1.165) is 11.1 Å². The standard InChI is InChI=1S/C21H19NO5/c1-3-26-21(24)14-4-6-16(7-5-14)22-20(23)11-9-18-13-15-12-17(25-2)8-10-19(15)27-18/h4-13H,3H2,1-2H3,(H,22,23). The minimum atomic E-state index is -0.392. The third-order valence-electron chi connectivity index (χ3n) is 3.81. The Balaban J connectivity index is 1.64. The van der Waals surface area contributed by atoms with Crippen LogP contribution >= 0.6 is 0 Å². The van der Waals surface area contributed by atoms with Gasteiger partial charge in [0.05, 0.1) is 19.3 Å². The number of fused-ring (bicyclic) bond motifs is 1. The molecule has 0 radical (unpaired) electrons. The SMILES string of the molecule is CCOC(=O)c1ccc(NC(=O)C=Cc2cc3cc(OC)ccc3o2)cc1. The summed E-state index contributed by atoms with van der Waals surface area (Å²) >= 11 is 0. The number of hydrogen-bond donors (Lipinski definition) is 1. The number of amides is 1. The van der Waals surface area contributed by atoms with Gasteiger partial charge >= 0.3 is 5.97 Å². The molecular weight excluding hydrogens is 346 g/mol. The lowest BCUT2D eigenvalue weighted by atomic mass is 10.2. The van der Waals surface area contributed by atoms with Crippen molar-refractivity contribution in [3.8, 4) is 5.75 Å². The van der Waals surface area contributed by atoms with Crippen LogP contribution in [-0.4, -0.2) is 25.6 Å². The lowest BCUT2D eigenvalue weighted by Crippen LogP contribution is -2.08. The van der Waals surface area contributed by atoms with Crippen molar-refractivity contribution in [3.05, 3.63) is 65.9 Å². The van der Waals surface area contributed by atoms with E-state index in [0.29, 0.717) is 29.2 Å². The molecule has 1 N–H and O–H groups in total. The van der Waals surface area contributed by atoms with E-state index in [9.17, 15) is 9.59 Å². The second kappa shape index (κ2) is 8.23. The Bertz CT molecular complexity index is 985. The number of furan rings is 1. The van der Waals surface area contributed by atoms with Crippen molar-refractivity contribution < 1.29 is 23.5 Å². The summed E-state index contributed by atoms with van der Waals surface area (Å²) in [6, 6.07) is 13.8. The molecule has 138 valence electrons. The smallest absolute Gasteiger partial charge is 0.338 e. The molecule has 0 saturated heterocycles. The van der Waals surface area contributed by atoms with Gasteiger partial charge in [-0.3, -0.25) is 4.79 Å². The highest BCUT2D eigenvalue weighted by atomic mass is 16.5.